The number of rotatable bonds is 18. The minimum absolute atomic E-state index is 0.00568. The number of carboxylic acids is 2. The summed E-state index contributed by atoms with van der Waals surface area (Å²) in [5, 5.41) is 23.6. The first kappa shape index (κ1) is 54.4. The molecule has 0 aliphatic carbocycles. The number of carbonyl (C=O) groups is 6. The maximum atomic E-state index is 13.9. The van der Waals surface area contributed by atoms with Gasteiger partial charge in [-0.15, -0.1) is 22.7 Å². The Morgan fingerprint density at radius 2 is 1.20 bits per heavy atom. The third-order valence-electron chi connectivity index (χ3n) is 13.7. The van der Waals surface area contributed by atoms with Gasteiger partial charge in [0, 0.05) is 56.8 Å². The molecule has 3 N–H and O–H groups in total. The van der Waals surface area contributed by atoms with E-state index >= 15 is 0 Å². The van der Waals surface area contributed by atoms with Crippen LogP contribution in [0.1, 0.15) is 120 Å². The summed E-state index contributed by atoms with van der Waals surface area (Å²) in [4.78, 5) is 84.6. The zero-order valence-corrected chi connectivity index (χ0v) is 45.6. The van der Waals surface area contributed by atoms with Crippen molar-refractivity contribution >= 4 is 85.5 Å². The van der Waals surface area contributed by atoms with Crippen LogP contribution in [0.5, 0.6) is 0 Å². The molecule has 4 heterocycles. The Morgan fingerprint density at radius 3 is 1.72 bits per heavy atom. The third-order valence-corrected chi connectivity index (χ3v) is 25.0. The fourth-order valence-electron chi connectivity index (χ4n) is 7.23. The van der Waals surface area contributed by atoms with Crippen molar-refractivity contribution in [2.45, 2.75) is 109 Å². The minimum atomic E-state index is -1.95. The van der Waals surface area contributed by atoms with E-state index in [1.54, 1.807) is 48.8 Å². The second-order valence-electron chi connectivity index (χ2n) is 20.7. The molecule has 3 aromatic heterocycles. The molecule has 3 aromatic carbocycles. The number of aromatic nitrogens is 1. The van der Waals surface area contributed by atoms with Crippen LogP contribution < -0.4 is 5.32 Å². The van der Waals surface area contributed by atoms with Gasteiger partial charge in [0.2, 0.25) is 0 Å². The zero-order chi connectivity index (χ0) is 52.1. The van der Waals surface area contributed by atoms with Gasteiger partial charge in [0.1, 0.15) is 11.7 Å². The van der Waals surface area contributed by atoms with Gasteiger partial charge in [0.15, 0.2) is 16.6 Å². The van der Waals surface area contributed by atoms with E-state index in [4.69, 9.17) is 8.85 Å². The Balaban J connectivity index is 0.000000241. The Kier molecular flexibility index (Phi) is 17.0. The highest BCUT2D eigenvalue weighted by atomic mass is 32.1. The van der Waals surface area contributed by atoms with Crippen LogP contribution in [0, 0.1) is 0 Å². The molecule has 13 nitrogen and oxygen atoms in total. The van der Waals surface area contributed by atoms with Crippen LogP contribution in [-0.2, 0) is 38.1 Å². The number of Topliss-reactive ketones (excluding diaryl/α,β-unsaturated/α-hetero) is 1. The van der Waals surface area contributed by atoms with E-state index in [-0.39, 0.29) is 58.3 Å². The van der Waals surface area contributed by atoms with Gasteiger partial charge >= 0.3 is 11.9 Å². The number of imide groups is 1. The predicted molar refractivity (Wildman–Crippen MR) is 284 cm³/mol. The maximum Gasteiger partial charge on any atom is 0.336 e. The van der Waals surface area contributed by atoms with Crippen molar-refractivity contribution < 1.29 is 47.8 Å². The summed E-state index contributed by atoms with van der Waals surface area (Å²) in [6, 6.07) is 28.0. The normalized spacial score (nSPS) is 13.9. The smallest absolute Gasteiger partial charge is 0.336 e. The number of nitrogens with zero attached hydrogens (tertiary/aromatic N) is 2. The summed E-state index contributed by atoms with van der Waals surface area (Å²) in [5.41, 5.74) is 1.52. The van der Waals surface area contributed by atoms with Gasteiger partial charge in [-0.05, 0) is 102 Å². The van der Waals surface area contributed by atoms with E-state index in [9.17, 15) is 39.0 Å². The van der Waals surface area contributed by atoms with Crippen molar-refractivity contribution in [3.05, 3.63) is 157 Å². The first-order chi connectivity index (χ1) is 33.3. The Bertz CT molecular complexity index is 2910. The molecular weight excluding hydrogens is 971 g/mol. The molecule has 17 heteroatoms. The van der Waals surface area contributed by atoms with Crippen molar-refractivity contribution in [1.29, 1.82) is 0 Å². The lowest BCUT2D eigenvalue weighted by molar-refractivity contribution is -0.138. The molecular formula is C54H63N3O10S2Si2. The molecule has 0 fully saturated rings. The highest BCUT2D eigenvalue weighted by Gasteiger charge is 2.40. The second-order valence-corrected chi connectivity index (χ2v) is 32.7. The lowest BCUT2D eigenvalue weighted by atomic mass is 9.94. The van der Waals surface area contributed by atoms with E-state index in [2.05, 4.69) is 78.0 Å². The maximum absolute atomic E-state index is 13.9. The molecule has 2 unspecified atom stereocenters. The Morgan fingerprint density at radius 1 is 0.676 bits per heavy atom. The molecule has 0 bridgehead atoms. The van der Waals surface area contributed by atoms with Crippen molar-refractivity contribution in [2.24, 2.45) is 0 Å². The number of hydrogen-bond acceptors (Lipinski definition) is 11. The lowest BCUT2D eigenvalue weighted by Crippen LogP contribution is -2.40. The van der Waals surface area contributed by atoms with Crippen LogP contribution in [0.15, 0.2) is 109 Å². The van der Waals surface area contributed by atoms with E-state index in [1.807, 2.05) is 42.5 Å². The van der Waals surface area contributed by atoms with Crippen LogP contribution >= 0.6 is 22.7 Å². The summed E-state index contributed by atoms with van der Waals surface area (Å²) in [6.07, 6.45) is 3.73. The molecule has 0 radical (unpaired) electrons. The first-order valence-corrected chi connectivity index (χ1v) is 30.8. The van der Waals surface area contributed by atoms with Gasteiger partial charge in [-0.3, -0.25) is 33.9 Å². The molecule has 3 amide bonds. The molecule has 71 heavy (non-hydrogen) atoms. The molecule has 0 spiro atoms. The summed E-state index contributed by atoms with van der Waals surface area (Å²) >= 11 is 2.87. The van der Waals surface area contributed by atoms with Crippen molar-refractivity contribution in [2.75, 3.05) is 13.1 Å². The third kappa shape index (κ3) is 13.1. The minimum Gasteiger partial charge on any atom is -0.481 e. The SMILES string of the molecule is CC(C)(C)[Si](C)(C)OCc1ccc(C(CN2C(=O)c3ccccc3C2=O)C(=O)Cc2ccc3cnccc3c2)s1.CC(C)(C)[Si](C)(C)OCc1ccc(C(CNC(=O)c2ccccc2C(=O)O)C(=O)O)s1. The number of pyridine rings is 1. The number of aromatic carboxylic acids is 1. The number of fused-ring (bicyclic) bond motifs is 2. The molecule has 0 saturated heterocycles. The molecule has 7 rings (SSSR count). The molecule has 1 aliphatic rings. The summed E-state index contributed by atoms with van der Waals surface area (Å²) in [7, 11) is -3.87. The van der Waals surface area contributed by atoms with Crippen LogP contribution in [-0.4, -0.2) is 85.3 Å². The number of thiophene rings is 2. The average molecular weight is 1030 g/mol. The monoisotopic (exact) mass is 1030 g/mol. The van der Waals surface area contributed by atoms with Crippen LogP contribution in [0.25, 0.3) is 10.8 Å². The van der Waals surface area contributed by atoms with Crippen molar-refractivity contribution in [3.8, 4) is 0 Å². The number of carboxylic acid groups (broad SMARTS) is 2. The van der Waals surface area contributed by atoms with Gasteiger partial charge in [-0.25, -0.2) is 4.79 Å². The molecule has 2 atom stereocenters. The molecule has 6 aromatic rings. The fraction of sp³-hybridized carbons (Fsp3) is 0.352. The number of aliphatic carboxylic acids is 1. The average Bonchev–Trinajstić information content (AvgIpc) is 4.05. The van der Waals surface area contributed by atoms with Crippen LogP contribution in [0.4, 0.5) is 0 Å². The molecule has 374 valence electrons. The van der Waals surface area contributed by atoms with Gasteiger partial charge in [-0.2, -0.15) is 0 Å². The van der Waals surface area contributed by atoms with Gasteiger partial charge in [0.25, 0.3) is 17.7 Å². The summed E-state index contributed by atoms with van der Waals surface area (Å²) in [6.45, 7) is 22.6. The number of amides is 3. The largest absolute Gasteiger partial charge is 0.481 e. The summed E-state index contributed by atoms with van der Waals surface area (Å²) < 4.78 is 12.6. The number of ketones is 1. The van der Waals surface area contributed by atoms with E-state index in [0.717, 1.165) is 31.0 Å². The number of nitrogens with one attached hydrogen (secondary N) is 1. The van der Waals surface area contributed by atoms with Gasteiger partial charge in [0.05, 0.1) is 41.4 Å². The van der Waals surface area contributed by atoms with E-state index in [0.29, 0.717) is 29.2 Å². The van der Waals surface area contributed by atoms with Gasteiger partial charge < -0.3 is 24.4 Å². The summed E-state index contributed by atoms with van der Waals surface area (Å²) in [5.74, 6) is -5.22. The van der Waals surface area contributed by atoms with Crippen molar-refractivity contribution in [3.63, 3.8) is 0 Å². The highest BCUT2D eigenvalue weighted by molar-refractivity contribution is 7.12. The quantitative estimate of drug-likeness (QED) is 0.0549. The number of carbonyl (C=O) groups excluding carboxylic acids is 4. The zero-order valence-electron chi connectivity index (χ0n) is 42.0. The Labute approximate surface area is 425 Å². The second kappa shape index (κ2) is 22.2. The molecule has 0 saturated carbocycles. The van der Waals surface area contributed by atoms with Crippen molar-refractivity contribution in [1.82, 2.24) is 15.2 Å². The fourth-order valence-corrected chi connectivity index (χ4v) is 11.4. The number of benzene rings is 3. The van der Waals surface area contributed by atoms with E-state index in [1.165, 1.54) is 45.8 Å². The van der Waals surface area contributed by atoms with Crippen LogP contribution in [0.2, 0.25) is 36.3 Å². The first-order valence-electron chi connectivity index (χ1n) is 23.4. The topological polar surface area (TPSA) is 189 Å². The predicted octanol–water partition coefficient (Wildman–Crippen LogP) is 11.6. The lowest BCUT2D eigenvalue weighted by Gasteiger charge is -2.36. The Hall–Kier alpha value is -5.96. The van der Waals surface area contributed by atoms with E-state index < -0.39 is 46.3 Å². The van der Waals surface area contributed by atoms with Gasteiger partial charge in [-0.1, -0.05) is 84.0 Å². The van der Waals surface area contributed by atoms with Crippen LogP contribution in [0.3, 0.4) is 0 Å². The standard InChI is InChI=1S/C32H34N2O4SSi.C22H29NO6SSi/c1-32(2,3)40(4,5)38-20-24-12-13-29(39-24)27(19-34-30(36)25-8-6-7-9-26(25)31(34)37)28(35)17-21-10-11-23-18-33-15-14-22(23)16-21;1-22(2,3)31(4,5)29-13-14-10-11-18(30-14)17(21(27)28)12-23-19(24)15-8-6-7-9-16(15)20(25)26/h6-16,18,27H,17,19-20H2,1-5H3;6-11,17H,12-13H2,1-5H3,(H,23,24)(H,25,26)(H,27,28). The molecule has 1 aliphatic heterocycles. The highest BCUT2D eigenvalue weighted by Crippen LogP contribution is 2.40. The number of hydrogen-bond donors (Lipinski definition) is 3.